The average Bonchev–Trinajstić information content (AvgIpc) is 3.30. The van der Waals surface area contributed by atoms with Gasteiger partial charge in [-0.05, 0) is 61.5 Å². The van der Waals surface area contributed by atoms with Crippen LogP contribution >= 0.6 is 47.0 Å². The first kappa shape index (κ1) is 23.6. The molecule has 33 heavy (non-hydrogen) atoms. The summed E-state index contributed by atoms with van der Waals surface area (Å²) in [5.41, 5.74) is 5.46. The van der Waals surface area contributed by atoms with E-state index in [-0.39, 0.29) is 0 Å². The molecule has 170 valence electrons. The number of aromatic nitrogens is 4. The molecule has 0 unspecified atom stereocenters. The minimum atomic E-state index is 0.455. The van der Waals surface area contributed by atoms with E-state index in [0.717, 1.165) is 33.9 Å². The van der Waals surface area contributed by atoms with Gasteiger partial charge in [-0.1, -0.05) is 53.0 Å². The summed E-state index contributed by atoms with van der Waals surface area (Å²) >= 11 is 23.8. The number of benzene rings is 2. The summed E-state index contributed by atoms with van der Waals surface area (Å²) in [7, 11) is 0. The van der Waals surface area contributed by atoms with Crippen molar-refractivity contribution in [2.75, 3.05) is 10.6 Å². The summed E-state index contributed by atoms with van der Waals surface area (Å²) < 4.78 is 3.72. The van der Waals surface area contributed by atoms with Crippen molar-refractivity contribution >= 4 is 63.5 Å². The van der Waals surface area contributed by atoms with Crippen molar-refractivity contribution in [2.45, 2.75) is 26.9 Å². The van der Waals surface area contributed by atoms with Gasteiger partial charge in [0.25, 0.3) is 0 Å². The number of anilines is 2. The van der Waals surface area contributed by atoms with Crippen LogP contribution in [0.25, 0.3) is 0 Å². The third kappa shape index (κ3) is 5.86. The topological polar surface area (TPSA) is 59.7 Å². The molecule has 0 aliphatic carbocycles. The lowest BCUT2D eigenvalue weighted by atomic mass is 10.2. The van der Waals surface area contributed by atoms with Gasteiger partial charge in [0, 0.05) is 21.3 Å². The predicted molar refractivity (Wildman–Crippen MR) is 140 cm³/mol. The summed E-state index contributed by atoms with van der Waals surface area (Å²) in [5, 5.41) is 17.8. The Morgan fingerprint density at radius 3 is 2.42 bits per heavy atom. The smallest absolute Gasteiger partial charge is 0.175 e. The Kier molecular flexibility index (Phi) is 7.24. The molecule has 6 nitrogen and oxygen atoms in total. The molecule has 0 aliphatic heterocycles. The van der Waals surface area contributed by atoms with E-state index in [2.05, 4.69) is 20.8 Å². The van der Waals surface area contributed by atoms with Gasteiger partial charge in [-0.15, -0.1) is 0 Å². The van der Waals surface area contributed by atoms with Gasteiger partial charge in [0.1, 0.15) is 0 Å². The zero-order valence-corrected chi connectivity index (χ0v) is 21.0. The lowest BCUT2D eigenvalue weighted by molar-refractivity contribution is 0.659. The maximum Gasteiger partial charge on any atom is 0.175 e. The third-order valence-electron chi connectivity index (χ3n) is 5.10. The van der Waals surface area contributed by atoms with Crippen molar-refractivity contribution < 1.29 is 0 Å². The van der Waals surface area contributed by atoms with Crippen LogP contribution < -0.4 is 10.6 Å². The van der Waals surface area contributed by atoms with Crippen LogP contribution in [0.5, 0.6) is 0 Å². The number of aryl methyl sites for hydroxylation is 1. The average molecular weight is 520 g/mol. The predicted octanol–water partition coefficient (Wildman–Crippen LogP) is 6.56. The lowest BCUT2D eigenvalue weighted by Gasteiger charge is -2.10. The Labute approximate surface area is 212 Å². The van der Waals surface area contributed by atoms with Crippen LogP contribution in [-0.2, 0) is 13.1 Å². The number of hydrogen-bond acceptors (Lipinski definition) is 3. The molecule has 0 spiro atoms. The van der Waals surface area contributed by atoms with Crippen LogP contribution in [0.15, 0.2) is 54.9 Å². The van der Waals surface area contributed by atoms with E-state index in [0.29, 0.717) is 33.3 Å². The van der Waals surface area contributed by atoms with Crippen molar-refractivity contribution in [3.63, 3.8) is 0 Å². The van der Waals surface area contributed by atoms with E-state index in [4.69, 9.17) is 47.0 Å². The zero-order chi connectivity index (χ0) is 23.5. The molecule has 0 atom stereocenters. The second kappa shape index (κ2) is 10.1. The molecular formula is C23H21Cl3N6S. The van der Waals surface area contributed by atoms with Crippen molar-refractivity contribution in [1.82, 2.24) is 19.6 Å². The van der Waals surface area contributed by atoms with Gasteiger partial charge in [-0.3, -0.25) is 9.36 Å². The molecule has 2 N–H and O–H groups in total. The van der Waals surface area contributed by atoms with Gasteiger partial charge in [-0.2, -0.15) is 10.2 Å². The molecule has 2 aromatic carbocycles. The van der Waals surface area contributed by atoms with Crippen molar-refractivity contribution in [3.05, 3.63) is 92.4 Å². The number of halogens is 3. The van der Waals surface area contributed by atoms with E-state index in [9.17, 15) is 0 Å². The first-order valence-corrected chi connectivity index (χ1v) is 11.7. The second-order valence-electron chi connectivity index (χ2n) is 7.57. The number of hydrogen-bond donors (Lipinski definition) is 2. The summed E-state index contributed by atoms with van der Waals surface area (Å²) in [6, 6.07) is 13.1. The normalized spacial score (nSPS) is 10.9. The number of nitrogens with zero attached hydrogens (tertiary/aromatic N) is 4. The maximum atomic E-state index is 6.33. The Morgan fingerprint density at radius 2 is 1.70 bits per heavy atom. The molecule has 10 heteroatoms. The van der Waals surface area contributed by atoms with Crippen LogP contribution in [0, 0.1) is 13.8 Å². The Hall–Kier alpha value is -2.58. The molecule has 0 radical (unpaired) electrons. The van der Waals surface area contributed by atoms with E-state index < -0.39 is 0 Å². The van der Waals surface area contributed by atoms with Gasteiger partial charge in [-0.25, -0.2) is 0 Å². The van der Waals surface area contributed by atoms with Gasteiger partial charge in [0.15, 0.2) is 5.11 Å². The molecule has 2 heterocycles. The highest BCUT2D eigenvalue weighted by Crippen LogP contribution is 2.25. The van der Waals surface area contributed by atoms with Crippen molar-refractivity contribution in [1.29, 1.82) is 0 Å². The monoisotopic (exact) mass is 518 g/mol. The van der Waals surface area contributed by atoms with Crippen molar-refractivity contribution in [3.8, 4) is 0 Å². The maximum absolute atomic E-state index is 6.33. The standard InChI is InChI=1S/C23H21Cl3N6S/c1-14-22(15(2)32(30-14)12-17-5-8-19(25)9-21(17)26)29-23(33)28-20-10-27-31(13-20)11-16-3-6-18(24)7-4-16/h3-10,13H,11-12H2,1-2H3,(H2,28,29,33). The van der Waals surface area contributed by atoms with E-state index in [1.807, 2.05) is 65.8 Å². The molecule has 2 aromatic heterocycles. The summed E-state index contributed by atoms with van der Waals surface area (Å²) in [6.45, 7) is 5.08. The lowest BCUT2D eigenvalue weighted by Crippen LogP contribution is -2.19. The highest BCUT2D eigenvalue weighted by Gasteiger charge is 2.14. The fourth-order valence-corrected chi connectivity index (χ4v) is 4.22. The first-order valence-electron chi connectivity index (χ1n) is 10.1. The summed E-state index contributed by atoms with van der Waals surface area (Å²) in [6.07, 6.45) is 3.63. The number of rotatable bonds is 6. The first-order chi connectivity index (χ1) is 15.8. The van der Waals surface area contributed by atoms with Crippen LogP contribution in [0.1, 0.15) is 22.5 Å². The molecular weight excluding hydrogens is 499 g/mol. The van der Waals surface area contributed by atoms with E-state index in [1.165, 1.54) is 0 Å². The van der Waals surface area contributed by atoms with Gasteiger partial charge < -0.3 is 10.6 Å². The van der Waals surface area contributed by atoms with Crippen LogP contribution in [-0.4, -0.2) is 24.7 Å². The fourth-order valence-electron chi connectivity index (χ4n) is 3.41. The molecule has 0 amide bonds. The van der Waals surface area contributed by atoms with E-state index in [1.54, 1.807) is 12.3 Å². The highest BCUT2D eigenvalue weighted by atomic mass is 35.5. The van der Waals surface area contributed by atoms with Gasteiger partial charge in [0.05, 0.1) is 42.0 Å². The quantitative estimate of drug-likeness (QED) is 0.282. The molecule has 4 aromatic rings. The second-order valence-corrected chi connectivity index (χ2v) is 9.26. The molecule has 0 bridgehead atoms. The molecule has 0 fully saturated rings. The Balaban J connectivity index is 1.40. The summed E-state index contributed by atoms with van der Waals surface area (Å²) in [4.78, 5) is 0. The number of nitrogens with one attached hydrogen (secondary N) is 2. The van der Waals surface area contributed by atoms with Gasteiger partial charge >= 0.3 is 0 Å². The number of thiocarbonyl (C=S) groups is 1. The van der Waals surface area contributed by atoms with Crippen LogP contribution in [0.3, 0.4) is 0 Å². The minimum Gasteiger partial charge on any atom is -0.330 e. The van der Waals surface area contributed by atoms with Crippen LogP contribution in [0.2, 0.25) is 15.1 Å². The Bertz CT molecular complexity index is 1300. The molecule has 0 saturated heterocycles. The minimum absolute atomic E-state index is 0.455. The zero-order valence-electron chi connectivity index (χ0n) is 17.9. The van der Waals surface area contributed by atoms with Gasteiger partial charge in [0.2, 0.25) is 0 Å². The third-order valence-corrected chi connectivity index (χ3v) is 6.15. The van der Waals surface area contributed by atoms with Crippen molar-refractivity contribution in [2.24, 2.45) is 0 Å². The Morgan fingerprint density at radius 1 is 0.970 bits per heavy atom. The molecule has 4 rings (SSSR count). The van der Waals surface area contributed by atoms with E-state index >= 15 is 0 Å². The van der Waals surface area contributed by atoms with Crippen LogP contribution in [0.4, 0.5) is 11.4 Å². The fraction of sp³-hybridized carbons (Fsp3) is 0.174. The highest BCUT2D eigenvalue weighted by molar-refractivity contribution is 7.80. The SMILES string of the molecule is Cc1nn(Cc2ccc(Cl)cc2Cl)c(C)c1NC(=S)Nc1cnn(Cc2ccc(Cl)cc2)c1. The summed E-state index contributed by atoms with van der Waals surface area (Å²) in [5.74, 6) is 0. The molecule has 0 aliphatic rings. The molecule has 0 saturated carbocycles. The largest absolute Gasteiger partial charge is 0.330 e.